The number of piperidine rings is 1. The summed E-state index contributed by atoms with van der Waals surface area (Å²) in [6.07, 6.45) is 3.36. The molecule has 1 aliphatic rings. The van der Waals surface area contributed by atoms with Gasteiger partial charge in [0.25, 0.3) is 5.69 Å². The standard InChI is InChI=1S/C13H15N3O3/c1-14-13-11(16(17)18)6-4-7-12(13)19-9-10-5-2-3-8-15-10/h4,6-7,10,15H,2-3,5,8-9H2/t10-/m0/s1. The molecular formula is C13H15N3O3. The molecule has 0 unspecified atom stereocenters. The first kappa shape index (κ1) is 13.3. The Morgan fingerprint density at radius 1 is 1.53 bits per heavy atom. The minimum Gasteiger partial charge on any atom is -0.503 e. The molecule has 1 aliphatic heterocycles. The zero-order valence-corrected chi connectivity index (χ0v) is 10.5. The van der Waals surface area contributed by atoms with Crippen molar-refractivity contribution in [2.45, 2.75) is 25.3 Å². The number of nitrogens with zero attached hydrogens (tertiary/aromatic N) is 2. The summed E-state index contributed by atoms with van der Waals surface area (Å²) in [5.74, 6) is 0.288. The highest BCUT2D eigenvalue weighted by Gasteiger charge is 2.20. The molecule has 0 aromatic heterocycles. The molecule has 1 fully saturated rings. The lowest BCUT2D eigenvalue weighted by molar-refractivity contribution is -0.383. The van der Waals surface area contributed by atoms with Gasteiger partial charge in [0.05, 0.1) is 11.5 Å². The fourth-order valence-electron chi connectivity index (χ4n) is 2.14. The topological polar surface area (TPSA) is 68.8 Å². The predicted octanol–water partition coefficient (Wildman–Crippen LogP) is 2.67. The van der Waals surface area contributed by atoms with E-state index in [-0.39, 0.29) is 23.2 Å². The molecule has 19 heavy (non-hydrogen) atoms. The van der Waals surface area contributed by atoms with Gasteiger partial charge >= 0.3 is 5.69 Å². The summed E-state index contributed by atoms with van der Waals surface area (Å²) in [6.45, 7) is 8.47. The van der Waals surface area contributed by atoms with E-state index < -0.39 is 4.92 Å². The van der Waals surface area contributed by atoms with Gasteiger partial charge in [-0.1, -0.05) is 12.5 Å². The highest BCUT2D eigenvalue weighted by molar-refractivity contribution is 5.70. The molecule has 0 radical (unpaired) electrons. The van der Waals surface area contributed by atoms with Gasteiger partial charge in [-0.25, -0.2) is 4.85 Å². The molecule has 1 saturated heterocycles. The summed E-state index contributed by atoms with van der Waals surface area (Å²) in [4.78, 5) is 13.5. The van der Waals surface area contributed by atoms with Crippen molar-refractivity contribution in [3.8, 4) is 5.75 Å². The van der Waals surface area contributed by atoms with Gasteiger partial charge in [-0.05, 0) is 25.5 Å². The second kappa shape index (κ2) is 6.16. The smallest absolute Gasteiger partial charge is 0.303 e. The van der Waals surface area contributed by atoms with Crippen LogP contribution in [-0.4, -0.2) is 24.1 Å². The van der Waals surface area contributed by atoms with Gasteiger partial charge in [-0.2, -0.15) is 0 Å². The summed E-state index contributed by atoms with van der Waals surface area (Å²) in [7, 11) is 0. The van der Waals surface area contributed by atoms with Crippen LogP contribution in [0.3, 0.4) is 0 Å². The highest BCUT2D eigenvalue weighted by atomic mass is 16.6. The van der Waals surface area contributed by atoms with Crippen molar-refractivity contribution in [2.24, 2.45) is 0 Å². The van der Waals surface area contributed by atoms with Crippen LogP contribution < -0.4 is 10.1 Å². The van der Waals surface area contributed by atoms with Crippen molar-refractivity contribution in [2.75, 3.05) is 13.2 Å². The quantitative estimate of drug-likeness (QED) is 0.514. The number of nitro benzene ring substituents is 1. The average molecular weight is 261 g/mol. The summed E-state index contributed by atoms with van der Waals surface area (Å²) in [5, 5.41) is 14.2. The summed E-state index contributed by atoms with van der Waals surface area (Å²) in [5.41, 5.74) is -0.229. The van der Waals surface area contributed by atoms with E-state index in [9.17, 15) is 10.1 Å². The molecule has 1 aromatic rings. The predicted molar refractivity (Wildman–Crippen MR) is 70.5 cm³/mol. The molecule has 1 heterocycles. The zero-order chi connectivity index (χ0) is 13.7. The summed E-state index contributed by atoms with van der Waals surface area (Å²) in [6, 6.07) is 4.71. The second-order valence-corrected chi connectivity index (χ2v) is 4.45. The largest absolute Gasteiger partial charge is 0.503 e. The molecule has 6 heteroatoms. The molecule has 0 amide bonds. The van der Waals surface area contributed by atoms with Gasteiger partial charge < -0.3 is 10.1 Å². The molecule has 0 aliphatic carbocycles. The van der Waals surface area contributed by atoms with Crippen LogP contribution in [-0.2, 0) is 0 Å². The molecule has 100 valence electrons. The number of nitro groups is 1. The monoisotopic (exact) mass is 261 g/mol. The van der Waals surface area contributed by atoms with Crippen LogP contribution in [0.2, 0.25) is 0 Å². The van der Waals surface area contributed by atoms with Gasteiger partial charge in [0.1, 0.15) is 12.4 Å². The number of nitrogens with one attached hydrogen (secondary N) is 1. The van der Waals surface area contributed by atoms with Crippen LogP contribution in [0.5, 0.6) is 5.75 Å². The normalized spacial score (nSPS) is 18.6. The number of benzene rings is 1. The molecular weight excluding hydrogens is 246 g/mol. The van der Waals surface area contributed by atoms with Crippen molar-refractivity contribution >= 4 is 11.4 Å². The first-order valence-corrected chi connectivity index (χ1v) is 6.23. The Bertz CT molecular complexity index is 504. The van der Waals surface area contributed by atoms with Gasteiger partial charge in [0.15, 0.2) is 0 Å². The van der Waals surface area contributed by atoms with E-state index in [1.807, 2.05) is 0 Å². The Labute approximate surface area is 111 Å². The fraction of sp³-hybridized carbons (Fsp3) is 0.462. The van der Waals surface area contributed by atoms with Crippen molar-refractivity contribution in [1.82, 2.24) is 5.32 Å². The molecule has 6 nitrogen and oxygen atoms in total. The molecule has 1 atom stereocenters. The number of para-hydroxylation sites is 1. The highest BCUT2D eigenvalue weighted by Crippen LogP contribution is 2.36. The molecule has 1 N–H and O–H groups in total. The van der Waals surface area contributed by atoms with Crippen molar-refractivity contribution in [1.29, 1.82) is 0 Å². The number of ether oxygens (including phenoxy) is 1. The van der Waals surface area contributed by atoms with Gasteiger partial charge in [0.2, 0.25) is 0 Å². The van der Waals surface area contributed by atoms with E-state index in [0.29, 0.717) is 6.61 Å². The van der Waals surface area contributed by atoms with Crippen LogP contribution >= 0.6 is 0 Å². The van der Waals surface area contributed by atoms with E-state index in [2.05, 4.69) is 10.2 Å². The maximum absolute atomic E-state index is 10.8. The third kappa shape index (κ3) is 3.20. The lowest BCUT2D eigenvalue weighted by Crippen LogP contribution is -2.38. The lowest BCUT2D eigenvalue weighted by atomic mass is 10.1. The van der Waals surface area contributed by atoms with Crippen molar-refractivity contribution in [3.05, 3.63) is 39.7 Å². The third-order valence-electron chi connectivity index (χ3n) is 3.14. The maximum Gasteiger partial charge on any atom is 0.303 e. The minimum atomic E-state index is -0.556. The molecule has 0 spiro atoms. The minimum absolute atomic E-state index is 0.0247. The Balaban J connectivity index is 2.09. The van der Waals surface area contributed by atoms with E-state index in [1.54, 1.807) is 6.07 Å². The average Bonchev–Trinajstić information content (AvgIpc) is 2.45. The SMILES string of the molecule is [C-]#[N+]c1c(OC[C@@H]2CCCCN2)cccc1[N+](=O)[O-]. The Hall–Kier alpha value is -2.13. The summed E-state index contributed by atoms with van der Waals surface area (Å²) >= 11 is 0. The van der Waals surface area contributed by atoms with Crippen LogP contribution in [0.15, 0.2) is 18.2 Å². The third-order valence-corrected chi connectivity index (χ3v) is 3.14. The van der Waals surface area contributed by atoms with Crippen molar-refractivity contribution < 1.29 is 9.66 Å². The first-order chi connectivity index (χ1) is 9.22. The summed E-state index contributed by atoms with van der Waals surface area (Å²) < 4.78 is 5.58. The van der Waals surface area contributed by atoms with Crippen LogP contribution in [0, 0.1) is 16.7 Å². The van der Waals surface area contributed by atoms with Crippen LogP contribution in [0.1, 0.15) is 19.3 Å². The fourth-order valence-corrected chi connectivity index (χ4v) is 2.14. The van der Waals surface area contributed by atoms with Crippen molar-refractivity contribution in [3.63, 3.8) is 0 Å². The van der Waals surface area contributed by atoms with Crippen LogP contribution in [0.4, 0.5) is 11.4 Å². The van der Waals surface area contributed by atoms with E-state index in [0.717, 1.165) is 19.4 Å². The molecule has 0 saturated carbocycles. The van der Waals surface area contributed by atoms with Gasteiger partial charge in [-0.15, -0.1) is 0 Å². The number of rotatable bonds is 4. The van der Waals surface area contributed by atoms with E-state index in [1.165, 1.54) is 18.6 Å². The second-order valence-electron chi connectivity index (χ2n) is 4.45. The molecule has 2 rings (SSSR count). The van der Waals surface area contributed by atoms with E-state index in [4.69, 9.17) is 11.3 Å². The first-order valence-electron chi connectivity index (χ1n) is 6.23. The van der Waals surface area contributed by atoms with Crippen LogP contribution in [0.25, 0.3) is 4.85 Å². The van der Waals surface area contributed by atoms with Gasteiger partial charge in [0, 0.05) is 12.1 Å². The van der Waals surface area contributed by atoms with Gasteiger partial charge in [-0.3, -0.25) is 10.1 Å². The zero-order valence-electron chi connectivity index (χ0n) is 10.5. The Kier molecular flexibility index (Phi) is 4.31. The molecule has 1 aromatic carbocycles. The lowest BCUT2D eigenvalue weighted by Gasteiger charge is -2.23. The maximum atomic E-state index is 10.8. The number of hydrogen-bond donors (Lipinski definition) is 1. The Morgan fingerprint density at radius 2 is 2.37 bits per heavy atom. The Morgan fingerprint density at radius 3 is 3.00 bits per heavy atom. The molecule has 0 bridgehead atoms. The number of hydrogen-bond acceptors (Lipinski definition) is 4. The van der Waals surface area contributed by atoms with E-state index >= 15 is 0 Å².